The number of halogens is 1. The molecule has 0 aromatic carbocycles. The molecular formula is C8H17BrN2O2S. The summed E-state index contributed by atoms with van der Waals surface area (Å²) >= 11 is 3.52. The summed E-state index contributed by atoms with van der Waals surface area (Å²) in [4.78, 5) is 0.227. The van der Waals surface area contributed by atoms with E-state index < -0.39 is 10.2 Å². The standard InChI is InChI=1S/C8H17BrN2O2S/c1-8(2)7(9)5-6-11(8)14(12,13)10(3)4/h7H,5-6H2,1-4H3. The summed E-state index contributed by atoms with van der Waals surface area (Å²) in [7, 11) is -0.156. The van der Waals surface area contributed by atoms with Crippen LogP contribution in [0.25, 0.3) is 0 Å². The number of nitrogens with zero attached hydrogens (tertiary/aromatic N) is 2. The van der Waals surface area contributed by atoms with Crippen LogP contribution in [0.2, 0.25) is 0 Å². The topological polar surface area (TPSA) is 40.6 Å². The predicted octanol–water partition coefficient (Wildman–Crippen LogP) is 1.04. The molecule has 4 nitrogen and oxygen atoms in total. The average molecular weight is 285 g/mol. The van der Waals surface area contributed by atoms with Crippen molar-refractivity contribution in [3.63, 3.8) is 0 Å². The molecule has 1 fully saturated rings. The lowest BCUT2D eigenvalue weighted by molar-refractivity contribution is 0.281. The van der Waals surface area contributed by atoms with Crippen LogP contribution in [0.3, 0.4) is 0 Å². The van der Waals surface area contributed by atoms with Crippen molar-refractivity contribution in [2.75, 3.05) is 20.6 Å². The van der Waals surface area contributed by atoms with Gasteiger partial charge in [0, 0.05) is 31.0 Å². The first-order chi connectivity index (χ1) is 6.20. The Kier molecular flexibility index (Phi) is 3.31. The highest BCUT2D eigenvalue weighted by molar-refractivity contribution is 9.09. The Hall–Kier alpha value is 0.350. The van der Waals surface area contributed by atoms with Gasteiger partial charge in [0.2, 0.25) is 0 Å². The fraction of sp³-hybridized carbons (Fsp3) is 1.00. The molecule has 1 aliphatic rings. The summed E-state index contributed by atoms with van der Waals surface area (Å²) in [6, 6.07) is 0. The molecule has 84 valence electrons. The van der Waals surface area contributed by atoms with E-state index in [9.17, 15) is 8.42 Å². The number of alkyl halides is 1. The molecule has 1 rings (SSSR count). The molecule has 0 amide bonds. The normalized spacial score (nSPS) is 28.6. The van der Waals surface area contributed by atoms with Crippen LogP contribution in [-0.2, 0) is 10.2 Å². The van der Waals surface area contributed by atoms with Crippen molar-refractivity contribution in [3.8, 4) is 0 Å². The first-order valence-corrected chi connectivity index (χ1v) is 6.86. The summed E-state index contributed by atoms with van der Waals surface area (Å²) < 4.78 is 26.7. The lowest BCUT2D eigenvalue weighted by Crippen LogP contribution is -2.50. The lowest BCUT2D eigenvalue weighted by Gasteiger charge is -2.34. The zero-order valence-corrected chi connectivity index (χ0v) is 11.4. The van der Waals surface area contributed by atoms with Crippen molar-refractivity contribution in [1.29, 1.82) is 0 Å². The van der Waals surface area contributed by atoms with Gasteiger partial charge in [-0.3, -0.25) is 0 Å². The summed E-state index contributed by atoms with van der Waals surface area (Å²) in [5.74, 6) is 0. The van der Waals surface area contributed by atoms with Crippen LogP contribution >= 0.6 is 15.9 Å². The first kappa shape index (κ1) is 12.4. The SMILES string of the molecule is CN(C)S(=O)(=O)N1CCC(Br)C1(C)C. The molecule has 0 saturated carbocycles. The van der Waals surface area contributed by atoms with Gasteiger partial charge in [-0.15, -0.1) is 0 Å². The van der Waals surface area contributed by atoms with Crippen molar-refractivity contribution < 1.29 is 8.42 Å². The van der Waals surface area contributed by atoms with Gasteiger partial charge in [0.25, 0.3) is 10.2 Å². The van der Waals surface area contributed by atoms with Crippen LogP contribution in [0.15, 0.2) is 0 Å². The summed E-state index contributed by atoms with van der Waals surface area (Å²) in [6.45, 7) is 4.48. The molecule has 1 heterocycles. The molecule has 1 atom stereocenters. The third-order valence-electron chi connectivity index (χ3n) is 2.73. The van der Waals surface area contributed by atoms with E-state index in [1.807, 2.05) is 13.8 Å². The van der Waals surface area contributed by atoms with E-state index in [1.54, 1.807) is 18.4 Å². The van der Waals surface area contributed by atoms with Crippen molar-refractivity contribution in [2.45, 2.75) is 30.6 Å². The Bertz CT molecular complexity index is 313. The van der Waals surface area contributed by atoms with E-state index in [2.05, 4.69) is 15.9 Å². The van der Waals surface area contributed by atoms with Crippen LogP contribution in [0.4, 0.5) is 0 Å². The Morgan fingerprint density at radius 3 is 2.21 bits per heavy atom. The third-order valence-corrected chi connectivity index (χ3v) is 6.45. The van der Waals surface area contributed by atoms with Crippen LogP contribution in [-0.4, -0.2) is 48.0 Å². The number of hydrogen-bond donors (Lipinski definition) is 0. The van der Waals surface area contributed by atoms with Crippen LogP contribution in [0.5, 0.6) is 0 Å². The maximum Gasteiger partial charge on any atom is 0.281 e. The summed E-state index contributed by atoms with van der Waals surface area (Å²) in [5, 5.41) is 0. The van der Waals surface area contributed by atoms with Crippen molar-refractivity contribution >= 4 is 26.1 Å². The van der Waals surface area contributed by atoms with E-state index >= 15 is 0 Å². The molecule has 0 aliphatic carbocycles. The zero-order chi connectivity index (χ0) is 11.1. The molecule has 0 radical (unpaired) electrons. The molecule has 1 aliphatic heterocycles. The second-order valence-electron chi connectivity index (χ2n) is 4.27. The van der Waals surface area contributed by atoms with Gasteiger partial charge in [-0.1, -0.05) is 15.9 Å². The lowest BCUT2D eigenvalue weighted by atomic mass is 10.0. The van der Waals surface area contributed by atoms with Crippen LogP contribution < -0.4 is 0 Å². The molecule has 1 unspecified atom stereocenters. The van der Waals surface area contributed by atoms with Gasteiger partial charge in [-0.25, -0.2) is 0 Å². The monoisotopic (exact) mass is 284 g/mol. The fourth-order valence-corrected chi connectivity index (χ4v) is 3.68. The van der Waals surface area contributed by atoms with Gasteiger partial charge >= 0.3 is 0 Å². The van der Waals surface area contributed by atoms with Gasteiger partial charge in [0.15, 0.2) is 0 Å². The van der Waals surface area contributed by atoms with Gasteiger partial charge < -0.3 is 0 Å². The molecule has 0 spiro atoms. The number of rotatable bonds is 2. The summed E-state index contributed by atoms with van der Waals surface area (Å²) in [5.41, 5.74) is -0.344. The summed E-state index contributed by atoms with van der Waals surface area (Å²) in [6.07, 6.45) is 0.861. The molecule has 1 saturated heterocycles. The minimum absolute atomic E-state index is 0.227. The largest absolute Gasteiger partial charge is 0.281 e. The maximum absolute atomic E-state index is 11.9. The van der Waals surface area contributed by atoms with Crippen molar-refractivity contribution in [2.24, 2.45) is 0 Å². The van der Waals surface area contributed by atoms with Crippen molar-refractivity contribution in [3.05, 3.63) is 0 Å². The second kappa shape index (κ2) is 3.73. The van der Waals surface area contributed by atoms with Gasteiger partial charge in [-0.2, -0.15) is 17.0 Å². The Labute approximate surface area is 94.6 Å². The molecule has 0 bridgehead atoms. The Morgan fingerprint density at radius 1 is 1.43 bits per heavy atom. The minimum atomic E-state index is -3.28. The average Bonchev–Trinajstić information content (AvgIpc) is 2.27. The smallest absolute Gasteiger partial charge is 0.195 e. The minimum Gasteiger partial charge on any atom is -0.195 e. The fourth-order valence-electron chi connectivity index (χ4n) is 1.64. The zero-order valence-electron chi connectivity index (χ0n) is 8.99. The molecular weight excluding hydrogens is 268 g/mol. The van der Waals surface area contributed by atoms with Crippen LogP contribution in [0, 0.1) is 0 Å². The first-order valence-electron chi connectivity index (χ1n) is 4.55. The van der Waals surface area contributed by atoms with Crippen LogP contribution in [0.1, 0.15) is 20.3 Å². The van der Waals surface area contributed by atoms with E-state index in [1.165, 1.54) is 4.31 Å². The predicted molar refractivity (Wildman–Crippen MR) is 60.7 cm³/mol. The quantitative estimate of drug-likeness (QED) is 0.711. The van der Waals surface area contributed by atoms with Gasteiger partial charge in [0.1, 0.15) is 0 Å². The molecule has 0 aromatic heterocycles. The van der Waals surface area contributed by atoms with Gasteiger partial charge in [0.05, 0.1) is 0 Å². The molecule has 14 heavy (non-hydrogen) atoms. The van der Waals surface area contributed by atoms with E-state index in [0.717, 1.165) is 6.42 Å². The second-order valence-corrected chi connectivity index (χ2v) is 7.44. The van der Waals surface area contributed by atoms with E-state index in [-0.39, 0.29) is 10.4 Å². The maximum atomic E-state index is 11.9. The van der Waals surface area contributed by atoms with Gasteiger partial charge in [-0.05, 0) is 20.3 Å². The Morgan fingerprint density at radius 2 is 1.93 bits per heavy atom. The van der Waals surface area contributed by atoms with E-state index in [0.29, 0.717) is 6.54 Å². The van der Waals surface area contributed by atoms with Crippen molar-refractivity contribution in [1.82, 2.24) is 8.61 Å². The highest BCUT2D eigenvalue weighted by Gasteiger charge is 2.46. The third kappa shape index (κ3) is 1.85. The Balaban J connectivity index is 3.02. The van der Waals surface area contributed by atoms with E-state index in [4.69, 9.17) is 0 Å². The molecule has 0 aromatic rings. The number of hydrogen-bond acceptors (Lipinski definition) is 2. The molecule has 6 heteroatoms. The highest BCUT2D eigenvalue weighted by atomic mass is 79.9. The highest BCUT2D eigenvalue weighted by Crippen LogP contribution is 2.36. The molecule has 0 N–H and O–H groups in total.